The molecule has 1 fully saturated rings. The highest BCUT2D eigenvalue weighted by atomic mass is 16.2. The fraction of sp³-hybridized carbons (Fsp3) is 0.158. The average molecular weight is 316 g/mol. The summed E-state index contributed by atoms with van der Waals surface area (Å²) in [4.78, 5) is 25.1. The van der Waals surface area contributed by atoms with E-state index in [1.165, 1.54) is 0 Å². The van der Waals surface area contributed by atoms with Crippen molar-refractivity contribution in [1.29, 1.82) is 0 Å². The second-order valence-electron chi connectivity index (χ2n) is 5.85. The molecule has 118 valence electrons. The first-order valence-electron chi connectivity index (χ1n) is 7.90. The van der Waals surface area contributed by atoms with Crippen molar-refractivity contribution in [2.75, 3.05) is 5.32 Å². The van der Waals surface area contributed by atoms with Gasteiger partial charge in [0, 0.05) is 41.7 Å². The molecule has 2 atom stereocenters. The van der Waals surface area contributed by atoms with Gasteiger partial charge in [-0.05, 0) is 24.1 Å². The summed E-state index contributed by atoms with van der Waals surface area (Å²) >= 11 is 0. The second-order valence-corrected chi connectivity index (χ2v) is 5.85. The lowest BCUT2D eigenvalue weighted by molar-refractivity contribution is -0.117. The Morgan fingerprint density at radius 2 is 1.67 bits per heavy atom. The van der Waals surface area contributed by atoms with Crippen molar-refractivity contribution in [3.8, 4) is 11.1 Å². The number of hydrogen-bond acceptors (Lipinski definition) is 4. The molecule has 0 bridgehead atoms. The number of rotatable bonds is 4. The molecule has 1 amide bonds. The van der Waals surface area contributed by atoms with E-state index in [9.17, 15) is 4.79 Å². The Morgan fingerprint density at radius 3 is 2.38 bits per heavy atom. The third kappa shape index (κ3) is 3.01. The van der Waals surface area contributed by atoms with Crippen LogP contribution in [0.5, 0.6) is 0 Å². The van der Waals surface area contributed by atoms with Gasteiger partial charge in [0.1, 0.15) is 0 Å². The number of nitrogens with one attached hydrogen (secondary N) is 1. The second kappa shape index (κ2) is 6.20. The minimum Gasteiger partial charge on any atom is -0.294 e. The molecule has 0 unspecified atom stereocenters. The summed E-state index contributed by atoms with van der Waals surface area (Å²) in [5.74, 6) is 0.455. The van der Waals surface area contributed by atoms with Gasteiger partial charge in [-0.3, -0.25) is 15.1 Å². The van der Waals surface area contributed by atoms with Crippen molar-refractivity contribution in [3.63, 3.8) is 0 Å². The Labute approximate surface area is 139 Å². The molecule has 0 saturated heterocycles. The third-order valence-electron chi connectivity index (χ3n) is 4.19. The summed E-state index contributed by atoms with van der Waals surface area (Å²) in [7, 11) is 0. The Hall–Kier alpha value is -3.08. The fourth-order valence-corrected chi connectivity index (χ4v) is 2.78. The molecule has 0 radical (unpaired) electrons. The molecule has 3 aromatic rings. The molecule has 24 heavy (non-hydrogen) atoms. The van der Waals surface area contributed by atoms with Gasteiger partial charge < -0.3 is 0 Å². The average Bonchev–Trinajstić information content (AvgIpc) is 3.45. The van der Waals surface area contributed by atoms with Crippen LogP contribution in [-0.2, 0) is 4.79 Å². The Balaban J connectivity index is 1.40. The van der Waals surface area contributed by atoms with Crippen molar-refractivity contribution in [1.82, 2.24) is 15.0 Å². The van der Waals surface area contributed by atoms with Gasteiger partial charge in [-0.2, -0.15) is 0 Å². The predicted octanol–water partition coefficient (Wildman–Crippen LogP) is 3.28. The number of benzene rings is 1. The third-order valence-corrected chi connectivity index (χ3v) is 4.19. The quantitative estimate of drug-likeness (QED) is 0.802. The summed E-state index contributed by atoms with van der Waals surface area (Å²) < 4.78 is 0. The summed E-state index contributed by atoms with van der Waals surface area (Å²) in [6, 6.07) is 15.7. The lowest BCUT2D eigenvalue weighted by Crippen LogP contribution is -2.16. The zero-order chi connectivity index (χ0) is 16.4. The maximum absolute atomic E-state index is 12.3. The first-order chi connectivity index (χ1) is 11.8. The first kappa shape index (κ1) is 14.5. The number of carbonyl (C=O) groups is 1. The predicted molar refractivity (Wildman–Crippen MR) is 91.2 cm³/mol. The van der Waals surface area contributed by atoms with Crippen LogP contribution < -0.4 is 5.32 Å². The number of nitrogens with zero attached hydrogens (tertiary/aromatic N) is 3. The van der Waals surface area contributed by atoms with E-state index in [-0.39, 0.29) is 17.7 Å². The van der Waals surface area contributed by atoms with Crippen molar-refractivity contribution < 1.29 is 4.79 Å². The van der Waals surface area contributed by atoms with Crippen LogP contribution in [0.25, 0.3) is 11.1 Å². The molecule has 5 heteroatoms. The van der Waals surface area contributed by atoms with Crippen LogP contribution in [0, 0.1) is 5.92 Å². The largest absolute Gasteiger partial charge is 0.294 e. The Bertz CT molecular complexity index is 834. The van der Waals surface area contributed by atoms with Crippen LogP contribution in [0.4, 0.5) is 5.95 Å². The highest BCUT2D eigenvalue weighted by Gasteiger charge is 2.45. The normalized spacial score (nSPS) is 18.8. The van der Waals surface area contributed by atoms with E-state index >= 15 is 0 Å². The maximum atomic E-state index is 12.3. The molecular formula is C19H16N4O. The highest BCUT2D eigenvalue weighted by Crippen LogP contribution is 2.46. The van der Waals surface area contributed by atoms with Crippen LogP contribution in [-0.4, -0.2) is 20.9 Å². The zero-order valence-corrected chi connectivity index (χ0v) is 13.0. The van der Waals surface area contributed by atoms with Crippen molar-refractivity contribution >= 4 is 11.9 Å². The first-order valence-corrected chi connectivity index (χ1v) is 7.90. The molecule has 2 aromatic heterocycles. The zero-order valence-electron chi connectivity index (χ0n) is 13.0. The fourth-order valence-electron chi connectivity index (χ4n) is 2.78. The minimum atomic E-state index is -0.0442. The molecule has 1 aliphatic rings. The number of anilines is 1. The van der Waals surface area contributed by atoms with Crippen LogP contribution in [0.2, 0.25) is 0 Å². The Morgan fingerprint density at radius 1 is 0.917 bits per heavy atom. The van der Waals surface area contributed by atoms with Gasteiger partial charge >= 0.3 is 0 Å². The van der Waals surface area contributed by atoms with Gasteiger partial charge in [0.25, 0.3) is 0 Å². The molecule has 0 aliphatic heterocycles. The molecule has 4 rings (SSSR count). The number of carbonyl (C=O) groups excluding carboxylic acids is 1. The van der Waals surface area contributed by atoms with Crippen molar-refractivity contribution in [3.05, 3.63) is 72.8 Å². The molecule has 1 aromatic carbocycles. The van der Waals surface area contributed by atoms with Gasteiger partial charge in [-0.1, -0.05) is 36.4 Å². The topological polar surface area (TPSA) is 67.8 Å². The maximum Gasteiger partial charge on any atom is 0.230 e. The van der Waals surface area contributed by atoms with Crippen LogP contribution >= 0.6 is 0 Å². The number of aromatic nitrogens is 3. The van der Waals surface area contributed by atoms with E-state index in [0.717, 1.165) is 23.2 Å². The van der Waals surface area contributed by atoms with Gasteiger partial charge in [0.05, 0.1) is 0 Å². The minimum absolute atomic E-state index is 0.0434. The summed E-state index contributed by atoms with van der Waals surface area (Å²) in [6.07, 6.45) is 6.03. The smallest absolute Gasteiger partial charge is 0.230 e. The van der Waals surface area contributed by atoms with Crippen molar-refractivity contribution in [2.24, 2.45) is 5.92 Å². The molecule has 1 aliphatic carbocycles. The summed E-state index contributed by atoms with van der Waals surface area (Å²) in [5, 5.41) is 2.79. The standard InChI is InChI=1S/C19H16N4O/c24-18(16-10-15(16)17-8-4-5-9-20-17)23-19-21-11-14(12-22-19)13-6-2-1-3-7-13/h1-9,11-12,15-16H,10H2,(H,21,22,23,24)/t15-,16-/m1/s1. The van der Waals surface area contributed by atoms with E-state index in [4.69, 9.17) is 0 Å². The molecule has 5 nitrogen and oxygen atoms in total. The monoisotopic (exact) mass is 316 g/mol. The van der Waals surface area contributed by atoms with Gasteiger partial charge in [-0.15, -0.1) is 0 Å². The van der Waals surface area contributed by atoms with Crippen LogP contribution in [0.1, 0.15) is 18.0 Å². The number of pyridine rings is 1. The number of hydrogen-bond donors (Lipinski definition) is 1. The number of amides is 1. The van der Waals surface area contributed by atoms with Gasteiger partial charge in [0.2, 0.25) is 11.9 Å². The lowest BCUT2D eigenvalue weighted by Gasteiger charge is -2.05. The van der Waals surface area contributed by atoms with Crippen molar-refractivity contribution in [2.45, 2.75) is 12.3 Å². The van der Waals surface area contributed by atoms with E-state index in [0.29, 0.717) is 5.95 Å². The van der Waals surface area contributed by atoms with E-state index in [1.54, 1.807) is 18.6 Å². The summed E-state index contributed by atoms with van der Waals surface area (Å²) in [5.41, 5.74) is 2.94. The molecular weight excluding hydrogens is 300 g/mol. The van der Waals surface area contributed by atoms with Gasteiger partial charge in [0.15, 0.2) is 0 Å². The Kier molecular flexibility index (Phi) is 3.75. The molecule has 0 spiro atoms. The molecule has 1 saturated carbocycles. The summed E-state index contributed by atoms with van der Waals surface area (Å²) in [6.45, 7) is 0. The highest BCUT2D eigenvalue weighted by molar-refractivity contribution is 5.93. The lowest BCUT2D eigenvalue weighted by atomic mass is 10.1. The van der Waals surface area contributed by atoms with Crippen LogP contribution in [0.3, 0.4) is 0 Å². The molecule has 1 N–H and O–H groups in total. The van der Waals surface area contributed by atoms with E-state index < -0.39 is 0 Å². The molecule has 2 heterocycles. The van der Waals surface area contributed by atoms with Gasteiger partial charge in [-0.25, -0.2) is 9.97 Å². The SMILES string of the molecule is O=C(Nc1ncc(-c2ccccc2)cn1)[C@@H]1C[C@H]1c1ccccn1. The van der Waals surface area contributed by atoms with Crippen LogP contribution in [0.15, 0.2) is 67.1 Å². The van der Waals surface area contributed by atoms with E-state index in [2.05, 4.69) is 20.3 Å². The van der Waals surface area contributed by atoms with E-state index in [1.807, 2.05) is 48.5 Å².